The van der Waals surface area contributed by atoms with Crippen molar-refractivity contribution in [1.82, 2.24) is 4.57 Å². The molecule has 0 unspecified atom stereocenters. The van der Waals surface area contributed by atoms with E-state index in [9.17, 15) is 0 Å². The molecule has 0 bridgehead atoms. The Morgan fingerprint density at radius 3 is 1.58 bits per heavy atom. The van der Waals surface area contributed by atoms with Crippen LogP contribution in [0.1, 0.15) is 52.7 Å². The largest absolute Gasteiger partial charge is 0.311 e. The van der Waals surface area contributed by atoms with Crippen LogP contribution in [0.4, 0.5) is 51.3 Å². The Labute approximate surface area is 407 Å². The lowest BCUT2D eigenvalue weighted by molar-refractivity contribution is 0.590. The zero-order valence-corrected chi connectivity index (χ0v) is 40.2. The molecule has 2 aliphatic heterocycles. The number of fused-ring (bicyclic) bond motifs is 6. The summed E-state index contributed by atoms with van der Waals surface area (Å²) in [7, 11) is 0. The average molecular weight is 891 g/mol. The second-order valence-corrected chi connectivity index (χ2v) is 20.7. The molecule has 0 saturated heterocycles. The molecule has 0 radical (unpaired) electrons. The first-order valence-electron chi connectivity index (χ1n) is 24.3. The van der Waals surface area contributed by atoms with Crippen LogP contribution in [0.25, 0.3) is 27.7 Å². The molecule has 12 rings (SSSR count). The number of rotatable bonds is 7. The van der Waals surface area contributed by atoms with Gasteiger partial charge >= 0.3 is 0 Å². The SMILES string of the molecule is CC(C)(C)c1ccc(-c2cccc(N3c4cccc5c4B(c4ccc(N(c6ccccc6)c6ccc(C(C)(C)C)cc6)cc4N5c4ccccc4)c4c3n(-c3ccccc3)c3ccccc43)c2)cc1. The summed E-state index contributed by atoms with van der Waals surface area (Å²) in [4.78, 5) is 7.46. The minimum absolute atomic E-state index is 0.0452. The van der Waals surface area contributed by atoms with Gasteiger partial charge < -0.3 is 9.80 Å². The van der Waals surface area contributed by atoms with Gasteiger partial charge in [-0.15, -0.1) is 0 Å². The smallest absolute Gasteiger partial charge is 0.255 e. The van der Waals surface area contributed by atoms with Crippen LogP contribution in [0.2, 0.25) is 0 Å². The van der Waals surface area contributed by atoms with Gasteiger partial charge in [0.2, 0.25) is 0 Å². The Balaban J connectivity index is 1.13. The fourth-order valence-corrected chi connectivity index (χ4v) is 10.9. The van der Waals surface area contributed by atoms with Crippen molar-refractivity contribution in [3.63, 3.8) is 0 Å². The summed E-state index contributed by atoms with van der Waals surface area (Å²) in [5.41, 5.74) is 20.4. The van der Waals surface area contributed by atoms with Gasteiger partial charge in [0, 0.05) is 51.2 Å². The summed E-state index contributed by atoms with van der Waals surface area (Å²) in [5, 5.41) is 1.24. The molecule has 10 aromatic rings. The standard InChI is InChI=1S/C64H55BN4/c1-63(2,3)46-34-32-44(33-35-46)45-20-18-27-52(42-45)69-58-31-19-30-57-61(58)65(60-54-28-16-17-29-56(54)68(62(60)69)50-25-14-9-15-26-50)55-41-40-53(43-59(55)67(57)49-23-12-8-13-24-49)66(48-21-10-7-11-22-48)51-38-36-47(37-39-51)64(4,5)6/h7-43H,1-6H3. The molecule has 0 atom stereocenters. The highest BCUT2D eigenvalue weighted by Crippen LogP contribution is 2.48. The molecule has 334 valence electrons. The van der Waals surface area contributed by atoms with Crippen molar-refractivity contribution in [3.8, 4) is 16.8 Å². The third-order valence-electron chi connectivity index (χ3n) is 14.3. The van der Waals surface area contributed by atoms with Crippen LogP contribution in [0.15, 0.2) is 224 Å². The predicted molar refractivity (Wildman–Crippen MR) is 295 cm³/mol. The van der Waals surface area contributed by atoms with Gasteiger partial charge in [0.05, 0.1) is 5.52 Å². The highest BCUT2D eigenvalue weighted by molar-refractivity contribution is 7.01. The molecule has 3 heterocycles. The van der Waals surface area contributed by atoms with Crippen LogP contribution in [0.3, 0.4) is 0 Å². The molecule has 4 nitrogen and oxygen atoms in total. The molecule has 0 N–H and O–H groups in total. The molecule has 1 aromatic heterocycles. The predicted octanol–water partition coefficient (Wildman–Crippen LogP) is 15.4. The summed E-state index contributed by atoms with van der Waals surface area (Å²) in [6.07, 6.45) is 0. The van der Waals surface area contributed by atoms with Gasteiger partial charge in [0.25, 0.3) is 6.71 Å². The Hall–Kier alpha value is -8.02. The van der Waals surface area contributed by atoms with E-state index in [1.165, 1.54) is 60.9 Å². The number of para-hydroxylation sites is 4. The fourth-order valence-electron chi connectivity index (χ4n) is 10.9. The van der Waals surface area contributed by atoms with E-state index in [4.69, 9.17) is 0 Å². The maximum Gasteiger partial charge on any atom is 0.255 e. The third kappa shape index (κ3) is 7.15. The maximum atomic E-state index is 2.55. The summed E-state index contributed by atoms with van der Waals surface area (Å²) in [5.74, 6) is 1.16. The number of nitrogens with zero attached hydrogens (tertiary/aromatic N) is 4. The van der Waals surface area contributed by atoms with Gasteiger partial charge in [-0.25, -0.2) is 0 Å². The van der Waals surface area contributed by atoms with E-state index in [-0.39, 0.29) is 17.5 Å². The van der Waals surface area contributed by atoms with Crippen molar-refractivity contribution in [1.29, 1.82) is 0 Å². The van der Waals surface area contributed by atoms with Crippen molar-refractivity contribution in [2.45, 2.75) is 52.4 Å². The lowest BCUT2D eigenvalue weighted by atomic mass is 9.33. The van der Waals surface area contributed by atoms with E-state index in [1.54, 1.807) is 0 Å². The van der Waals surface area contributed by atoms with Crippen LogP contribution in [0.5, 0.6) is 0 Å². The molecule has 69 heavy (non-hydrogen) atoms. The summed E-state index contributed by atoms with van der Waals surface area (Å²) in [6.45, 7) is 13.6. The van der Waals surface area contributed by atoms with E-state index in [0.29, 0.717) is 0 Å². The Morgan fingerprint density at radius 1 is 0.377 bits per heavy atom. The fraction of sp³-hybridized carbons (Fsp3) is 0.125. The van der Waals surface area contributed by atoms with E-state index >= 15 is 0 Å². The van der Waals surface area contributed by atoms with E-state index in [1.807, 2.05) is 0 Å². The Morgan fingerprint density at radius 2 is 0.913 bits per heavy atom. The van der Waals surface area contributed by atoms with E-state index in [2.05, 4.69) is 285 Å². The first kappa shape index (κ1) is 42.3. The average Bonchev–Trinajstić information content (AvgIpc) is 3.71. The van der Waals surface area contributed by atoms with Crippen LogP contribution in [-0.2, 0) is 10.8 Å². The van der Waals surface area contributed by atoms with Crippen molar-refractivity contribution in [3.05, 3.63) is 236 Å². The highest BCUT2D eigenvalue weighted by atomic mass is 15.3. The zero-order chi connectivity index (χ0) is 47.0. The molecule has 0 aliphatic carbocycles. The second-order valence-electron chi connectivity index (χ2n) is 20.7. The molecule has 9 aromatic carbocycles. The Bertz CT molecular complexity index is 3510. The number of anilines is 9. The van der Waals surface area contributed by atoms with Gasteiger partial charge in [-0.1, -0.05) is 175 Å². The third-order valence-corrected chi connectivity index (χ3v) is 14.3. The van der Waals surface area contributed by atoms with Gasteiger partial charge in [-0.3, -0.25) is 9.47 Å². The molecule has 2 aliphatic rings. The lowest BCUT2D eigenvalue weighted by Gasteiger charge is -2.44. The summed E-state index contributed by atoms with van der Waals surface area (Å²) < 4.78 is 2.50. The number of hydrogen-bond donors (Lipinski definition) is 0. The van der Waals surface area contributed by atoms with Crippen LogP contribution in [0, 0.1) is 0 Å². The molecular weight excluding hydrogens is 836 g/mol. The topological polar surface area (TPSA) is 14.7 Å². The molecule has 0 spiro atoms. The summed E-state index contributed by atoms with van der Waals surface area (Å²) in [6, 6.07) is 83.2. The van der Waals surface area contributed by atoms with Crippen molar-refractivity contribution < 1.29 is 0 Å². The van der Waals surface area contributed by atoms with Gasteiger partial charge in [-0.05, 0) is 146 Å². The first-order valence-corrected chi connectivity index (χ1v) is 24.3. The number of aromatic nitrogens is 1. The molecule has 0 amide bonds. The molecule has 0 saturated carbocycles. The van der Waals surface area contributed by atoms with Crippen LogP contribution in [-0.4, -0.2) is 11.3 Å². The number of hydrogen-bond acceptors (Lipinski definition) is 3. The maximum absolute atomic E-state index is 2.55. The van der Waals surface area contributed by atoms with Crippen molar-refractivity contribution >= 4 is 85.3 Å². The zero-order valence-electron chi connectivity index (χ0n) is 40.2. The molecule has 5 heteroatoms. The minimum atomic E-state index is -0.0781. The van der Waals surface area contributed by atoms with Gasteiger partial charge in [-0.2, -0.15) is 0 Å². The van der Waals surface area contributed by atoms with Crippen LogP contribution >= 0.6 is 0 Å². The second kappa shape index (κ2) is 16.3. The minimum Gasteiger partial charge on any atom is -0.311 e. The first-order chi connectivity index (χ1) is 33.5. The highest BCUT2D eigenvalue weighted by Gasteiger charge is 2.46. The van der Waals surface area contributed by atoms with Gasteiger partial charge in [0.1, 0.15) is 5.82 Å². The van der Waals surface area contributed by atoms with Crippen molar-refractivity contribution in [2.24, 2.45) is 0 Å². The normalized spacial score (nSPS) is 13.0. The molecule has 0 fully saturated rings. The Kier molecular flexibility index (Phi) is 10.0. The summed E-state index contributed by atoms with van der Waals surface area (Å²) >= 11 is 0. The van der Waals surface area contributed by atoms with Crippen molar-refractivity contribution in [2.75, 3.05) is 14.7 Å². The molecular formula is C64H55BN4. The van der Waals surface area contributed by atoms with E-state index < -0.39 is 0 Å². The lowest BCUT2D eigenvalue weighted by Crippen LogP contribution is -2.61. The van der Waals surface area contributed by atoms with Crippen LogP contribution < -0.4 is 31.1 Å². The monoisotopic (exact) mass is 890 g/mol. The van der Waals surface area contributed by atoms with E-state index in [0.717, 1.165) is 45.6 Å². The van der Waals surface area contributed by atoms with Gasteiger partial charge in [0.15, 0.2) is 0 Å². The number of benzene rings is 9. The quantitative estimate of drug-likeness (QED) is 0.148.